The molecule has 0 N–H and O–H groups in total. The monoisotopic (exact) mass is 383 g/mol. The number of para-hydroxylation sites is 1. The van der Waals surface area contributed by atoms with Crippen LogP contribution >= 0.6 is 0 Å². The summed E-state index contributed by atoms with van der Waals surface area (Å²) < 4.78 is 5.52. The van der Waals surface area contributed by atoms with E-state index >= 15 is 0 Å². The summed E-state index contributed by atoms with van der Waals surface area (Å²) in [6.07, 6.45) is 3.83. The zero-order chi connectivity index (χ0) is 20.6. The zero-order valence-corrected chi connectivity index (χ0v) is 16.4. The Morgan fingerprint density at radius 2 is 1.83 bits per heavy atom. The highest BCUT2D eigenvalue weighted by Crippen LogP contribution is 2.55. The maximum absolute atomic E-state index is 12.9. The summed E-state index contributed by atoms with van der Waals surface area (Å²) in [5, 5.41) is 20.4. The predicted octanol–water partition coefficient (Wildman–Crippen LogP) is 4.08. The van der Waals surface area contributed by atoms with Crippen LogP contribution in [0.4, 0.5) is 5.69 Å². The number of hydrogen-bond acceptors (Lipinski definition) is 5. The van der Waals surface area contributed by atoms with Gasteiger partial charge in [0.15, 0.2) is 11.2 Å². The molecule has 0 spiro atoms. The van der Waals surface area contributed by atoms with Crippen molar-refractivity contribution in [2.24, 2.45) is 5.41 Å². The number of nitriles is 2. The molecule has 2 heterocycles. The van der Waals surface area contributed by atoms with Crippen molar-refractivity contribution in [3.63, 3.8) is 0 Å². The van der Waals surface area contributed by atoms with E-state index < -0.39 is 23.4 Å². The van der Waals surface area contributed by atoms with Gasteiger partial charge in [0.25, 0.3) is 0 Å². The Morgan fingerprint density at radius 3 is 2.45 bits per heavy atom. The SMILES string of the molecule is CCOc1ccc(C2C(C(C)=O)N3c4ccccc4C=CC3C2(C#N)C#N)cc1. The molecule has 5 heteroatoms. The van der Waals surface area contributed by atoms with Crippen molar-refractivity contribution in [2.75, 3.05) is 11.5 Å². The first kappa shape index (κ1) is 18.8. The van der Waals surface area contributed by atoms with Crippen molar-refractivity contribution in [2.45, 2.75) is 31.8 Å². The molecular formula is C24H21N3O2. The lowest BCUT2D eigenvalue weighted by molar-refractivity contribution is -0.118. The van der Waals surface area contributed by atoms with Gasteiger partial charge in [-0.15, -0.1) is 0 Å². The number of ketones is 1. The van der Waals surface area contributed by atoms with Gasteiger partial charge < -0.3 is 9.64 Å². The van der Waals surface area contributed by atoms with E-state index in [4.69, 9.17) is 4.74 Å². The van der Waals surface area contributed by atoms with Gasteiger partial charge in [-0.1, -0.05) is 42.5 Å². The average molecular weight is 383 g/mol. The second kappa shape index (κ2) is 7.11. The molecular weight excluding hydrogens is 362 g/mol. The number of benzene rings is 2. The van der Waals surface area contributed by atoms with Gasteiger partial charge in [0.05, 0.1) is 30.8 Å². The zero-order valence-electron chi connectivity index (χ0n) is 16.4. The summed E-state index contributed by atoms with van der Waals surface area (Å²) in [6, 6.07) is 18.6. The van der Waals surface area contributed by atoms with Gasteiger partial charge in [-0.3, -0.25) is 4.79 Å². The van der Waals surface area contributed by atoms with Gasteiger partial charge >= 0.3 is 0 Å². The Morgan fingerprint density at radius 1 is 1.14 bits per heavy atom. The first-order valence-electron chi connectivity index (χ1n) is 9.68. The number of carbonyl (C=O) groups excluding carboxylic acids is 1. The second-order valence-electron chi connectivity index (χ2n) is 7.40. The van der Waals surface area contributed by atoms with Crippen LogP contribution in [0.15, 0.2) is 54.6 Å². The van der Waals surface area contributed by atoms with E-state index in [0.29, 0.717) is 6.61 Å². The molecule has 1 saturated heterocycles. The van der Waals surface area contributed by atoms with E-state index in [2.05, 4.69) is 12.1 Å². The third-order valence-corrected chi connectivity index (χ3v) is 5.88. The third-order valence-electron chi connectivity index (χ3n) is 5.88. The van der Waals surface area contributed by atoms with Crippen molar-refractivity contribution in [1.29, 1.82) is 10.5 Å². The summed E-state index contributed by atoms with van der Waals surface area (Å²) in [5.41, 5.74) is 1.26. The molecule has 2 aliphatic rings. The Hall–Kier alpha value is -3.57. The van der Waals surface area contributed by atoms with E-state index in [-0.39, 0.29) is 5.78 Å². The Balaban J connectivity index is 1.92. The van der Waals surface area contributed by atoms with Crippen LogP contribution in [0.5, 0.6) is 5.75 Å². The van der Waals surface area contributed by atoms with E-state index in [1.165, 1.54) is 6.92 Å². The lowest BCUT2D eigenvalue weighted by atomic mass is 9.69. The molecule has 144 valence electrons. The lowest BCUT2D eigenvalue weighted by Gasteiger charge is -2.35. The number of anilines is 1. The third kappa shape index (κ3) is 2.70. The molecule has 0 radical (unpaired) electrons. The van der Waals surface area contributed by atoms with Crippen LogP contribution in [-0.2, 0) is 4.79 Å². The normalized spacial score (nSPS) is 23.4. The molecule has 3 unspecified atom stereocenters. The Bertz CT molecular complexity index is 1040. The molecule has 2 aromatic rings. The van der Waals surface area contributed by atoms with Gasteiger partial charge in [-0.25, -0.2) is 0 Å². The quantitative estimate of drug-likeness (QED) is 0.795. The van der Waals surface area contributed by atoms with Gasteiger partial charge in [0.1, 0.15) is 5.75 Å². The number of carbonyl (C=O) groups is 1. The van der Waals surface area contributed by atoms with Crippen molar-refractivity contribution < 1.29 is 9.53 Å². The minimum atomic E-state index is -1.38. The minimum absolute atomic E-state index is 0.0636. The number of fused-ring (bicyclic) bond motifs is 3. The maximum Gasteiger partial charge on any atom is 0.176 e. The van der Waals surface area contributed by atoms with Crippen molar-refractivity contribution in [3.05, 3.63) is 65.7 Å². The summed E-state index contributed by atoms with van der Waals surface area (Å²) in [4.78, 5) is 14.8. The summed E-state index contributed by atoms with van der Waals surface area (Å²) >= 11 is 0. The maximum atomic E-state index is 12.9. The smallest absolute Gasteiger partial charge is 0.176 e. The highest BCUT2D eigenvalue weighted by Gasteiger charge is 2.62. The Labute approximate surface area is 170 Å². The molecule has 5 nitrogen and oxygen atoms in total. The molecule has 2 aromatic carbocycles. The van der Waals surface area contributed by atoms with E-state index in [0.717, 1.165) is 22.6 Å². The van der Waals surface area contributed by atoms with Crippen LogP contribution in [0.2, 0.25) is 0 Å². The molecule has 1 fully saturated rings. The van der Waals surface area contributed by atoms with Gasteiger partial charge in [-0.05, 0) is 43.2 Å². The fourth-order valence-corrected chi connectivity index (χ4v) is 4.70. The molecule has 2 aliphatic heterocycles. The molecule has 3 atom stereocenters. The van der Waals surface area contributed by atoms with Crippen molar-refractivity contribution >= 4 is 17.5 Å². The van der Waals surface area contributed by atoms with Crippen LogP contribution in [0.1, 0.15) is 30.9 Å². The molecule has 29 heavy (non-hydrogen) atoms. The minimum Gasteiger partial charge on any atom is -0.494 e. The number of hydrogen-bond donors (Lipinski definition) is 0. The fraction of sp³-hybridized carbons (Fsp3) is 0.292. The molecule has 0 amide bonds. The van der Waals surface area contributed by atoms with Crippen LogP contribution in [0.25, 0.3) is 6.08 Å². The predicted molar refractivity (Wildman–Crippen MR) is 110 cm³/mol. The van der Waals surface area contributed by atoms with Crippen LogP contribution in [0, 0.1) is 28.1 Å². The summed E-state index contributed by atoms with van der Waals surface area (Å²) in [5.74, 6) is 0.0777. The van der Waals surface area contributed by atoms with Gasteiger partial charge in [0, 0.05) is 11.6 Å². The number of ether oxygens (including phenoxy) is 1. The highest BCUT2D eigenvalue weighted by atomic mass is 16.5. The van der Waals surface area contributed by atoms with E-state index in [9.17, 15) is 15.3 Å². The van der Waals surface area contributed by atoms with Crippen LogP contribution < -0.4 is 9.64 Å². The summed E-state index contributed by atoms with van der Waals surface area (Å²) in [7, 11) is 0. The fourth-order valence-electron chi connectivity index (χ4n) is 4.70. The average Bonchev–Trinajstić information content (AvgIpc) is 3.06. The van der Waals surface area contributed by atoms with Gasteiger partial charge in [-0.2, -0.15) is 10.5 Å². The molecule has 0 aliphatic carbocycles. The first-order valence-corrected chi connectivity index (χ1v) is 9.68. The molecule has 0 saturated carbocycles. The van der Waals surface area contributed by atoms with Crippen molar-refractivity contribution in [3.8, 4) is 17.9 Å². The highest BCUT2D eigenvalue weighted by molar-refractivity contribution is 5.91. The summed E-state index contributed by atoms with van der Waals surface area (Å²) in [6.45, 7) is 4.00. The Kier molecular flexibility index (Phi) is 4.60. The molecule has 4 rings (SSSR count). The second-order valence-corrected chi connectivity index (χ2v) is 7.40. The number of rotatable bonds is 4. The van der Waals surface area contributed by atoms with Gasteiger partial charge in [0.2, 0.25) is 0 Å². The molecule has 0 bridgehead atoms. The largest absolute Gasteiger partial charge is 0.494 e. The topological polar surface area (TPSA) is 77.1 Å². The lowest BCUT2D eigenvalue weighted by Crippen LogP contribution is -2.43. The molecule has 0 aromatic heterocycles. The van der Waals surface area contributed by atoms with Crippen LogP contribution in [-0.4, -0.2) is 24.5 Å². The van der Waals surface area contributed by atoms with E-state index in [1.807, 2.05) is 72.5 Å². The number of Topliss-reactive ketones (excluding diaryl/α,β-unsaturated/α-hetero) is 1. The van der Waals surface area contributed by atoms with Crippen molar-refractivity contribution in [1.82, 2.24) is 0 Å². The standard InChI is InChI=1S/C24H21N3O2/c1-3-29-19-11-8-18(9-12-19)22-23(16(2)28)27-20-7-5-4-6-17(20)10-13-21(27)24(22,14-25)15-26/h4-13,21-23H,3H2,1-2H3. The van der Waals surface area contributed by atoms with E-state index in [1.54, 1.807) is 0 Å². The number of nitrogens with zero attached hydrogens (tertiary/aromatic N) is 3. The van der Waals surface area contributed by atoms with Crippen LogP contribution in [0.3, 0.4) is 0 Å². The first-order chi connectivity index (χ1) is 14.1.